The summed E-state index contributed by atoms with van der Waals surface area (Å²) in [5.41, 5.74) is -0.380. The molecule has 2 aliphatic heterocycles. The number of allylic oxidation sites excluding steroid dienone is 2. The van der Waals surface area contributed by atoms with Gasteiger partial charge < -0.3 is 14.2 Å². The van der Waals surface area contributed by atoms with Crippen molar-refractivity contribution in [1.29, 1.82) is 0 Å². The highest BCUT2D eigenvalue weighted by Crippen LogP contribution is 2.49. The first-order valence-corrected chi connectivity index (χ1v) is 13.3. The first kappa shape index (κ1) is 23.6. The van der Waals surface area contributed by atoms with Crippen molar-refractivity contribution in [3.63, 3.8) is 0 Å². The Balaban J connectivity index is 1.56. The van der Waals surface area contributed by atoms with E-state index in [-0.39, 0.29) is 11.2 Å². The highest BCUT2D eigenvalue weighted by atomic mass is 32.2. The number of methoxy groups -OCH3 is 1. The molecule has 3 aliphatic rings. The van der Waals surface area contributed by atoms with E-state index in [4.69, 9.17) is 14.2 Å². The Morgan fingerprint density at radius 2 is 1.86 bits per heavy atom. The molecule has 166 valence electrons. The standard InChI is InChI=1S/C23H38O4S2/c1-22(2,12-13-25-3)20(24)9-8-18-10-11-23(26-14-15-27-23)19(18)6-4-5-7-21-28-16-17-29-21/h8-9,18-19,21H,4-7,10-17H2,1-3H3/t18-,19+/m0/s1. The first-order chi connectivity index (χ1) is 14.0. The molecule has 2 heterocycles. The van der Waals surface area contributed by atoms with Crippen molar-refractivity contribution in [1.82, 2.24) is 0 Å². The smallest absolute Gasteiger partial charge is 0.171 e. The second-order valence-corrected chi connectivity index (χ2v) is 12.0. The van der Waals surface area contributed by atoms with Gasteiger partial charge in [0.25, 0.3) is 0 Å². The summed E-state index contributed by atoms with van der Waals surface area (Å²) in [5.74, 6) is 3.14. The van der Waals surface area contributed by atoms with Gasteiger partial charge in [-0.1, -0.05) is 32.8 Å². The molecule has 0 aromatic heterocycles. The number of rotatable bonds is 11. The summed E-state index contributed by atoms with van der Waals surface area (Å²) in [7, 11) is 1.69. The van der Waals surface area contributed by atoms with Crippen LogP contribution in [0.4, 0.5) is 0 Å². The number of ketones is 1. The van der Waals surface area contributed by atoms with Crippen LogP contribution >= 0.6 is 23.5 Å². The zero-order valence-electron chi connectivity index (χ0n) is 18.3. The van der Waals surface area contributed by atoms with Crippen LogP contribution in [0.15, 0.2) is 12.2 Å². The second kappa shape index (κ2) is 11.0. The average molecular weight is 443 g/mol. The van der Waals surface area contributed by atoms with Crippen molar-refractivity contribution in [2.75, 3.05) is 38.4 Å². The van der Waals surface area contributed by atoms with Gasteiger partial charge in [0.15, 0.2) is 11.6 Å². The van der Waals surface area contributed by atoms with Gasteiger partial charge in [0.05, 0.1) is 17.8 Å². The molecule has 0 unspecified atom stereocenters. The summed E-state index contributed by atoms with van der Waals surface area (Å²) in [6.07, 6.45) is 11.6. The number of hydrogen-bond acceptors (Lipinski definition) is 6. The van der Waals surface area contributed by atoms with Gasteiger partial charge in [0.1, 0.15) is 0 Å². The van der Waals surface area contributed by atoms with E-state index in [1.165, 1.54) is 30.8 Å². The average Bonchev–Trinajstić information content (AvgIpc) is 3.45. The van der Waals surface area contributed by atoms with Crippen molar-refractivity contribution < 1.29 is 19.0 Å². The SMILES string of the molecule is COCCC(C)(C)C(=O)C=C[C@H]1CCC2(OCCO2)[C@@H]1CCCCC1SCCS1. The molecule has 0 aromatic rings. The van der Waals surface area contributed by atoms with Crippen molar-refractivity contribution in [3.8, 4) is 0 Å². The van der Waals surface area contributed by atoms with Crippen LogP contribution in [0.1, 0.15) is 58.8 Å². The van der Waals surface area contributed by atoms with Crippen LogP contribution in [0.5, 0.6) is 0 Å². The Morgan fingerprint density at radius 1 is 1.17 bits per heavy atom. The molecule has 0 radical (unpaired) electrons. The third kappa shape index (κ3) is 6.25. The van der Waals surface area contributed by atoms with Crippen LogP contribution < -0.4 is 0 Å². The predicted octanol–water partition coefficient (Wildman–Crippen LogP) is 5.31. The van der Waals surface area contributed by atoms with Gasteiger partial charge in [-0.05, 0) is 37.7 Å². The minimum Gasteiger partial charge on any atom is -0.385 e. The number of ether oxygens (including phenoxy) is 3. The number of carbonyl (C=O) groups excluding carboxylic acids is 1. The van der Waals surface area contributed by atoms with E-state index in [1.54, 1.807) is 7.11 Å². The van der Waals surface area contributed by atoms with Crippen LogP contribution in [-0.2, 0) is 19.0 Å². The maximum atomic E-state index is 12.7. The fourth-order valence-corrected chi connectivity index (χ4v) is 7.66. The Labute approximate surface area is 185 Å². The number of unbranched alkanes of at least 4 members (excludes halogenated alkanes) is 1. The molecule has 29 heavy (non-hydrogen) atoms. The lowest BCUT2D eigenvalue weighted by Gasteiger charge is -2.31. The van der Waals surface area contributed by atoms with E-state index >= 15 is 0 Å². The third-order valence-corrected chi connectivity index (χ3v) is 9.84. The molecule has 0 amide bonds. The zero-order valence-corrected chi connectivity index (χ0v) is 20.0. The quantitative estimate of drug-likeness (QED) is 0.319. The highest BCUT2D eigenvalue weighted by Gasteiger charge is 2.51. The monoisotopic (exact) mass is 442 g/mol. The van der Waals surface area contributed by atoms with Gasteiger partial charge in [-0.3, -0.25) is 4.79 Å². The number of thioether (sulfide) groups is 2. The van der Waals surface area contributed by atoms with Crippen molar-refractivity contribution in [2.24, 2.45) is 17.3 Å². The fraction of sp³-hybridized carbons (Fsp3) is 0.870. The van der Waals surface area contributed by atoms with Crippen molar-refractivity contribution >= 4 is 29.3 Å². The molecule has 6 heteroatoms. The molecule has 3 fully saturated rings. The van der Waals surface area contributed by atoms with Crippen molar-refractivity contribution in [2.45, 2.75) is 69.2 Å². The van der Waals surface area contributed by atoms with Crippen LogP contribution in [0.2, 0.25) is 0 Å². The normalized spacial score (nSPS) is 27.6. The van der Waals surface area contributed by atoms with Gasteiger partial charge in [-0.25, -0.2) is 0 Å². The van der Waals surface area contributed by atoms with E-state index in [2.05, 4.69) is 29.6 Å². The number of carbonyl (C=O) groups is 1. The summed E-state index contributed by atoms with van der Waals surface area (Å²) < 4.78 is 18.2. The Kier molecular flexibility index (Phi) is 9.00. The van der Waals surface area contributed by atoms with E-state index in [0.29, 0.717) is 31.7 Å². The number of hydrogen-bond donors (Lipinski definition) is 0. The molecule has 0 N–H and O–H groups in total. The molecule has 2 atom stereocenters. The van der Waals surface area contributed by atoms with Crippen LogP contribution in [0, 0.1) is 17.3 Å². The molecular weight excluding hydrogens is 404 g/mol. The zero-order chi connectivity index (χ0) is 20.7. The summed E-state index contributed by atoms with van der Waals surface area (Å²) in [6, 6.07) is 0. The lowest BCUT2D eigenvalue weighted by Crippen LogP contribution is -2.36. The summed E-state index contributed by atoms with van der Waals surface area (Å²) >= 11 is 4.24. The Hall–Kier alpha value is -0.0100. The first-order valence-electron chi connectivity index (χ1n) is 11.2. The molecule has 0 aromatic carbocycles. The molecule has 0 bridgehead atoms. The summed E-state index contributed by atoms with van der Waals surface area (Å²) in [4.78, 5) is 12.7. The third-order valence-electron chi connectivity index (χ3n) is 6.67. The van der Waals surface area contributed by atoms with E-state index in [0.717, 1.165) is 30.3 Å². The Morgan fingerprint density at radius 3 is 2.55 bits per heavy atom. The second-order valence-electron chi connectivity index (χ2n) is 9.12. The molecule has 1 aliphatic carbocycles. The van der Waals surface area contributed by atoms with Crippen molar-refractivity contribution in [3.05, 3.63) is 12.2 Å². The summed E-state index contributed by atoms with van der Waals surface area (Å²) in [6.45, 7) is 6.03. The van der Waals surface area contributed by atoms with Gasteiger partial charge in [-0.2, -0.15) is 0 Å². The van der Waals surface area contributed by atoms with E-state index in [1.807, 2.05) is 19.9 Å². The molecule has 1 saturated carbocycles. The molecule has 3 rings (SSSR count). The van der Waals surface area contributed by atoms with E-state index in [9.17, 15) is 4.79 Å². The lowest BCUT2D eigenvalue weighted by molar-refractivity contribution is -0.186. The van der Waals surface area contributed by atoms with E-state index < -0.39 is 5.79 Å². The summed E-state index contributed by atoms with van der Waals surface area (Å²) in [5, 5.41) is 0. The van der Waals surface area contributed by atoms with Gasteiger partial charge in [-0.15, -0.1) is 23.5 Å². The van der Waals surface area contributed by atoms with Gasteiger partial charge in [0, 0.05) is 43.0 Å². The lowest BCUT2D eigenvalue weighted by atomic mass is 9.82. The fourth-order valence-electron chi connectivity index (χ4n) is 4.74. The van der Waals surface area contributed by atoms with Crippen LogP contribution in [0.25, 0.3) is 0 Å². The maximum absolute atomic E-state index is 12.7. The minimum atomic E-state index is -0.402. The minimum absolute atomic E-state index is 0.192. The highest BCUT2D eigenvalue weighted by molar-refractivity contribution is 8.20. The van der Waals surface area contributed by atoms with Crippen LogP contribution in [-0.4, -0.2) is 54.6 Å². The molecular formula is C23H38O4S2. The topological polar surface area (TPSA) is 44.8 Å². The maximum Gasteiger partial charge on any atom is 0.171 e. The molecule has 1 spiro atoms. The molecule has 4 nitrogen and oxygen atoms in total. The van der Waals surface area contributed by atoms with Gasteiger partial charge in [0.2, 0.25) is 0 Å². The molecule has 2 saturated heterocycles. The largest absolute Gasteiger partial charge is 0.385 e. The van der Waals surface area contributed by atoms with Crippen LogP contribution in [0.3, 0.4) is 0 Å². The van der Waals surface area contributed by atoms with Gasteiger partial charge >= 0.3 is 0 Å². The predicted molar refractivity (Wildman–Crippen MR) is 122 cm³/mol. The Bertz CT molecular complexity index is 551.